The highest BCUT2D eigenvalue weighted by Gasteiger charge is 2.25. The summed E-state index contributed by atoms with van der Waals surface area (Å²) in [5, 5.41) is 18.0. The summed E-state index contributed by atoms with van der Waals surface area (Å²) in [6.07, 6.45) is 2.52. The van der Waals surface area contributed by atoms with Crippen molar-refractivity contribution in [1.29, 1.82) is 0 Å². The predicted octanol–water partition coefficient (Wildman–Crippen LogP) is 4.41. The Bertz CT molecular complexity index is 763. The molecule has 6 heteroatoms. The zero-order chi connectivity index (χ0) is 19.5. The van der Waals surface area contributed by atoms with Crippen LogP contribution >= 0.6 is 11.6 Å². The fraction of sp³-hybridized carbons (Fsp3) is 0.500. The Morgan fingerprint density at radius 3 is 2.50 bits per heavy atom. The standard InChI is InChI=1S/C20H28ClN3O2/c1-13(2)10-16(19(25)26)22-11-14-12-24(23-18(14)20(3,4)5)17-9-7-6-8-15(17)21/h6-9,12-13,16,22H,10-11H2,1-5H3,(H,25,26). The van der Waals surface area contributed by atoms with E-state index in [9.17, 15) is 9.90 Å². The second-order valence-corrected chi connectivity index (χ2v) is 8.46. The van der Waals surface area contributed by atoms with Crippen molar-refractivity contribution < 1.29 is 9.90 Å². The van der Waals surface area contributed by atoms with E-state index < -0.39 is 12.0 Å². The number of carbonyl (C=O) groups is 1. The van der Waals surface area contributed by atoms with Gasteiger partial charge in [-0.15, -0.1) is 0 Å². The molecule has 0 bridgehead atoms. The van der Waals surface area contributed by atoms with Gasteiger partial charge in [0.1, 0.15) is 6.04 Å². The van der Waals surface area contributed by atoms with Crippen molar-refractivity contribution in [3.63, 3.8) is 0 Å². The molecule has 0 spiro atoms. The van der Waals surface area contributed by atoms with Gasteiger partial charge in [0.15, 0.2) is 0 Å². The zero-order valence-corrected chi connectivity index (χ0v) is 16.8. The predicted molar refractivity (Wildman–Crippen MR) is 105 cm³/mol. The smallest absolute Gasteiger partial charge is 0.320 e. The van der Waals surface area contributed by atoms with Crippen LogP contribution in [0.25, 0.3) is 5.69 Å². The van der Waals surface area contributed by atoms with Gasteiger partial charge in [0, 0.05) is 23.7 Å². The van der Waals surface area contributed by atoms with Gasteiger partial charge in [0.25, 0.3) is 0 Å². The molecule has 1 aromatic heterocycles. The van der Waals surface area contributed by atoms with E-state index in [0.29, 0.717) is 23.9 Å². The summed E-state index contributed by atoms with van der Waals surface area (Å²) in [4.78, 5) is 11.5. The number of benzene rings is 1. The van der Waals surface area contributed by atoms with E-state index in [2.05, 4.69) is 26.1 Å². The van der Waals surface area contributed by atoms with Crippen molar-refractivity contribution in [2.75, 3.05) is 0 Å². The number of rotatable bonds is 7. The molecule has 0 aliphatic heterocycles. The number of hydrogen-bond donors (Lipinski definition) is 2. The highest BCUT2D eigenvalue weighted by atomic mass is 35.5. The third kappa shape index (κ3) is 5.08. The molecule has 0 aliphatic rings. The fourth-order valence-electron chi connectivity index (χ4n) is 2.91. The molecule has 0 saturated carbocycles. The van der Waals surface area contributed by atoms with Crippen molar-refractivity contribution >= 4 is 17.6 Å². The number of carboxylic acid groups (broad SMARTS) is 1. The van der Waals surface area contributed by atoms with E-state index >= 15 is 0 Å². The second kappa shape index (κ2) is 8.23. The number of carboxylic acids is 1. The van der Waals surface area contributed by atoms with Crippen LogP contribution in [0.4, 0.5) is 0 Å². The zero-order valence-electron chi connectivity index (χ0n) is 16.1. The van der Waals surface area contributed by atoms with Gasteiger partial charge < -0.3 is 10.4 Å². The van der Waals surface area contributed by atoms with Crippen LogP contribution in [0.15, 0.2) is 30.5 Å². The van der Waals surface area contributed by atoms with Gasteiger partial charge in [-0.2, -0.15) is 5.10 Å². The molecule has 0 radical (unpaired) electrons. The summed E-state index contributed by atoms with van der Waals surface area (Å²) in [5.74, 6) is -0.522. The molecule has 0 aliphatic carbocycles. The van der Waals surface area contributed by atoms with Gasteiger partial charge in [-0.25, -0.2) is 4.68 Å². The summed E-state index contributed by atoms with van der Waals surface area (Å²) in [6.45, 7) is 10.8. The van der Waals surface area contributed by atoms with Crippen LogP contribution in [0.3, 0.4) is 0 Å². The first-order chi connectivity index (χ1) is 12.1. The van der Waals surface area contributed by atoms with Gasteiger partial charge in [-0.3, -0.25) is 4.79 Å². The van der Waals surface area contributed by atoms with E-state index in [0.717, 1.165) is 16.9 Å². The lowest BCUT2D eigenvalue weighted by Crippen LogP contribution is -2.37. The molecule has 1 atom stereocenters. The first-order valence-electron chi connectivity index (χ1n) is 8.89. The summed E-state index contributed by atoms with van der Waals surface area (Å²) in [5.41, 5.74) is 2.55. The maximum absolute atomic E-state index is 11.5. The molecule has 1 aromatic carbocycles. The lowest BCUT2D eigenvalue weighted by Gasteiger charge is -2.20. The lowest BCUT2D eigenvalue weighted by molar-refractivity contribution is -0.140. The number of nitrogens with zero attached hydrogens (tertiary/aromatic N) is 2. The van der Waals surface area contributed by atoms with E-state index in [1.54, 1.807) is 4.68 Å². The quantitative estimate of drug-likeness (QED) is 0.749. The molecule has 5 nitrogen and oxygen atoms in total. The fourth-order valence-corrected chi connectivity index (χ4v) is 3.13. The minimum atomic E-state index is -0.825. The highest BCUT2D eigenvalue weighted by molar-refractivity contribution is 6.32. The largest absolute Gasteiger partial charge is 0.480 e. The highest BCUT2D eigenvalue weighted by Crippen LogP contribution is 2.27. The molecule has 142 valence electrons. The van der Waals surface area contributed by atoms with Crippen molar-refractivity contribution in [2.45, 2.75) is 59.0 Å². The minimum Gasteiger partial charge on any atom is -0.480 e. The van der Waals surface area contributed by atoms with Crippen LogP contribution in [-0.4, -0.2) is 26.9 Å². The maximum Gasteiger partial charge on any atom is 0.320 e. The van der Waals surface area contributed by atoms with E-state index in [1.165, 1.54) is 0 Å². The summed E-state index contributed by atoms with van der Waals surface area (Å²) < 4.78 is 1.78. The van der Waals surface area contributed by atoms with Crippen LogP contribution in [0, 0.1) is 5.92 Å². The third-order valence-electron chi connectivity index (χ3n) is 4.14. The number of aliphatic carboxylic acids is 1. The van der Waals surface area contributed by atoms with E-state index in [1.807, 2.05) is 44.3 Å². The average Bonchev–Trinajstić information content (AvgIpc) is 2.95. The van der Waals surface area contributed by atoms with Crippen molar-refractivity contribution in [1.82, 2.24) is 15.1 Å². The van der Waals surface area contributed by atoms with E-state index in [-0.39, 0.29) is 5.41 Å². The Balaban J connectivity index is 2.32. The van der Waals surface area contributed by atoms with Crippen molar-refractivity contribution in [3.8, 4) is 5.69 Å². The monoisotopic (exact) mass is 377 g/mol. The average molecular weight is 378 g/mol. The Labute approximate surface area is 160 Å². The number of para-hydroxylation sites is 1. The first kappa shape index (κ1) is 20.5. The number of halogens is 1. The van der Waals surface area contributed by atoms with Gasteiger partial charge in [0.2, 0.25) is 0 Å². The van der Waals surface area contributed by atoms with Crippen LogP contribution in [0.2, 0.25) is 5.02 Å². The van der Waals surface area contributed by atoms with Crippen LogP contribution in [-0.2, 0) is 16.8 Å². The third-order valence-corrected chi connectivity index (χ3v) is 4.46. The maximum atomic E-state index is 11.5. The molecule has 2 rings (SSSR count). The normalized spacial score (nSPS) is 13.2. The number of aromatic nitrogens is 2. The minimum absolute atomic E-state index is 0.166. The van der Waals surface area contributed by atoms with Crippen molar-refractivity contribution in [3.05, 3.63) is 46.7 Å². The summed E-state index contributed by atoms with van der Waals surface area (Å²) in [7, 11) is 0. The number of nitrogens with one attached hydrogen (secondary N) is 1. The first-order valence-corrected chi connectivity index (χ1v) is 9.27. The molecule has 0 saturated heterocycles. The molecular formula is C20H28ClN3O2. The molecule has 1 heterocycles. The molecule has 0 amide bonds. The molecule has 1 unspecified atom stereocenters. The topological polar surface area (TPSA) is 67.2 Å². The Morgan fingerprint density at radius 1 is 1.31 bits per heavy atom. The summed E-state index contributed by atoms with van der Waals surface area (Å²) >= 11 is 6.31. The Kier molecular flexibility index (Phi) is 6.48. The van der Waals surface area contributed by atoms with E-state index in [4.69, 9.17) is 16.7 Å². The second-order valence-electron chi connectivity index (χ2n) is 8.05. The molecule has 26 heavy (non-hydrogen) atoms. The molecule has 2 aromatic rings. The lowest BCUT2D eigenvalue weighted by atomic mass is 9.89. The van der Waals surface area contributed by atoms with Crippen LogP contribution < -0.4 is 5.32 Å². The van der Waals surface area contributed by atoms with Gasteiger partial charge in [-0.1, -0.05) is 58.4 Å². The number of hydrogen-bond acceptors (Lipinski definition) is 3. The van der Waals surface area contributed by atoms with Gasteiger partial charge >= 0.3 is 5.97 Å². The van der Waals surface area contributed by atoms with Crippen LogP contribution in [0.5, 0.6) is 0 Å². The van der Waals surface area contributed by atoms with Gasteiger partial charge in [-0.05, 0) is 24.5 Å². The summed E-state index contributed by atoms with van der Waals surface area (Å²) in [6, 6.07) is 6.96. The Morgan fingerprint density at radius 2 is 1.96 bits per heavy atom. The van der Waals surface area contributed by atoms with Gasteiger partial charge in [0.05, 0.1) is 16.4 Å². The SMILES string of the molecule is CC(C)CC(NCc1cn(-c2ccccc2Cl)nc1C(C)(C)C)C(=O)O. The molecule has 2 N–H and O–H groups in total. The molecule has 0 fully saturated rings. The van der Waals surface area contributed by atoms with Crippen molar-refractivity contribution in [2.24, 2.45) is 5.92 Å². The van der Waals surface area contributed by atoms with Crippen LogP contribution in [0.1, 0.15) is 52.3 Å². The molecular weight excluding hydrogens is 350 g/mol. The Hall–Kier alpha value is -1.85.